The summed E-state index contributed by atoms with van der Waals surface area (Å²) in [6.45, 7) is 8.74. The highest BCUT2D eigenvalue weighted by atomic mass is 15.2. The van der Waals surface area contributed by atoms with Crippen molar-refractivity contribution in [2.45, 2.75) is 27.7 Å². The van der Waals surface area contributed by atoms with Crippen molar-refractivity contribution in [3.05, 3.63) is 88.0 Å². The Balaban J connectivity index is 2.07. The van der Waals surface area contributed by atoms with Gasteiger partial charge in [0.05, 0.1) is 17.1 Å². The van der Waals surface area contributed by atoms with Gasteiger partial charge in [0.25, 0.3) is 0 Å². The first kappa shape index (κ1) is 15.7. The molecule has 0 aromatic heterocycles. The molecule has 0 unspecified atom stereocenters. The van der Waals surface area contributed by atoms with Crippen LogP contribution < -0.4 is 4.90 Å². The van der Waals surface area contributed by atoms with Crippen molar-refractivity contribution in [3.63, 3.8) is 0 Å². The predicted molar refractivity (Wildman–Crippen MR) is 109 cm³/mol. The van der Waals surface area contributed by atoms with Crippen LogP contribution in [0.5, 0.6) is 0 Å². The van der Waals surface area contributed by atoms with E-state index in [-0.39, 0.29) is 0 Å². The lowest BCUT2D eigenvalue weighted by molar-refractivity contribution is 1.20. The van der Waals surface area contributed by atoms with Crippen molar-refractivity contribution in [3.8, 4) is 0 Å². The van der Waals surface area contributed by atoms with Crippen LogP contribution in [-0.2, 0) is 0 Å². The Morgan fingerprint density at radius 3 is 2.00 bits per heavy atom. The molecule has 0 fully saturated rings. The third kappa shape index (κ3) is 2.66. The van der Waals surface area contributed by atoms with Gasteiger partial charge in [0.1, 0.15) is 0 Å². The molecule has 3 aromatic rings. The van der Waals surface area contributed by atoms with Crippen molar-refractivity contribution in [2.24, 2.45) is 0 Å². The fraction of sp³-hybridized carbons (Fsp3) is 0.167. The molecule has 1 heterocycles. The Kier molecular flexibility index (Phi) is 3.73. The molecule has 1 nitrogen and oxygen atoms in total. The third-order valence-corrected chi connectivity index (χ3v) is 4.90. The van der Waals surface area contributed by atoms with Gasteiger partial charge >= 0.3 is 0 Å². The van der Waals surface area contributed by atoms with Crippen molar-refractivity contribution in [1.82, 2.24) is 0 Å². The van der Waals surface area contributed by atoms with E-state index >= 15 is 0 Å². The molecule has 0 amide bonds. The number of fused-ring (bicyclic) bond motifs is 2. The van der Waals surface area contributed by atoms with Gasteiger partial charge in [-0.15, -0.1) is 0 Å². The molecule has 0 saturated carbocycles. The SMILES string of the molecule is Cc1cc(C)c(N2c3ccccc3C=Cc3cc(C)ccc32)c(C)c1. The van der Waals surface area contributed by atoms with E-state index in [0.29, 0.717) is 0 Å². The summed E-state index contributed by atoms with van der Waals surface area (Å²) in [5.74, 6) is 0. The van der Waals surface area contributed by atoms with Crippen molar-refractivity contribution in [2.75, 3.05) is 4.90 Å². The highest BCUT2D eigenvalue weighted by molar-refractivity contribution is 5.94. The zero-order chi connectivity index (χ0) is 17.6. The van der Waals surface area contributed by atoms with Crippen LogP contribution in [-0.4, -0.2) is 0 Å². The van der Waals surface area contributed by atoms with Gasteiger partial charge in [-0.05, 0) is 68.1 Å². The second-order valence-corrected chi connectivity index (χ2v) is 7.04. The van der Waals surface area contributed by atoms with E-state index in [1.165, 1.54) is 50.4 Å². The van der Waals surface area contributed by atoms with Gasteiger partial charge in [0, 0.05) is 0 Å². The molecule has 1 heteroatoms. The van der Waals surface area contributed by atoms with E-state index in [4.69, 9.17) is 0 Å². The molecule has 0 atom stereocenters. The third-order valence-electron chi connectivity index (χ3n) is 4.90. The molecule has 0 N–H and O–H groups in total. The maximum Gasteiger partial charge on any atom is 0.0534 e. The van der Waals surface area contributed by atoms with Crippen molar-refractivity contribution >= 4 is 29.2 Å². The zero-order valence-corrected chi connectivity index (χ0v) is 15.3. The monoisotopic (exact) mass is 325 g/mol. The summed E-state index contributed by atoms with van der Waals surface area (Å²) in [5.41, 5.74) is 11.5. The lowest BCUT2D eigenvalue weighted by atomic mass is 10.0. The summed E-state index contributed by atoms with van der Waals surface area (Å²) in [6, 6.07) is 19.9. The number of para-hydroxylation sites is 1. The summed E-state index contributed by atoms with van der Waals surface area (Å²) >= 11 is 0. The zero-order valence-electron chi connectivity index (χ0n) is 15.3. The van der Waals surface area contributed by atoms with Crippen LogP contribution in [0.3, 0.4) is 0 Å². The minimum atomic E-state index is 1.23. The van der Waals surface area contributed by atoms with Crippen LogP contribution in [0.4, 0.5) is 17.1 Å². The first-order chi connectivity index (χ1) is 12.0. The summed E-state index contributed by atoms with van der Waals surface area (Å²) < 4.78 is 0. The molecular weight excluding hydrogens is 302 g/mol. The predicted octanol–water partition coefficient (Wildman–Crippen LogP) is 6.87. The van der Waals surface area contributed by atoms with Gasteiger partial charge in [-0.1, -0.05) is 59.7 Å². The largest absolute Gasteiger partial charge is 0.309 e. The molecule has 0 aliphatic carbocycles. The smallest absolute Gasteiger partial charge is 0.0534 e. The Morgan fingerprint density at radius 2 is 1.24 bits per heavy atom. The second kappa shape index (κ2) is 5.93. The highest BCUT2D eigenvalue weighted by Crippen LogP contribution is 2.44. The molecule has 124 valence electrons. The first-order valence-corrected chi connectivity index (χ1v) is 8.80. The van der Waals surface area contributed by atoms with Gasteiger partial charge in [-0.2, -0.15) is 0 Å². The van der Waals surface area contributed by atoms with Gasteiger partial charge in [0.15, 0.2) is 0 Å². The average molecular weight is 325 g/mol. The van der Waals surface area contributed by atoms with Crippen molar-refractivity contribution in [1.29, 1.82) is 0 Å². The molecule has 0 saturated heterocycles. The quantitative estimate of drug-likeness (QED) is 0.369. The van der Waals surface area contributed by atoms with E-state index in [9.17, 15) is 0 Å². The normalized spacial score (nSPS) is 12.6. The maximum absolute atomic E-state index is 2.42. The first-order valence-electron chi connectivity index (χ1n) is 8.80. The highest BCUT2D eigenvalue weighted by Gasteiger charge is 2.22. The van der Waals surface area contributed by atoms with E-state index in [1.807, 2.05) is 0 Å². The second-order valence-electron chi connectivity index (χ2n) is 7.04. The fourth-order valence-electron chi connectivity index (χ4n) is 3.92. The van der Waals surface area contributed by atoms with Crippen LogP contribution >= 0.6 is 0 Å². The van der Waals surface area contributed by atoms with Crippen LogP contribution in [0.2, 0.25) is 0 Å². The van der Waals surface area contributed by atoms with Crippen LogP contribution in [0, 0.1) is 27.7 Å². The fourth-order valence-corrected chi connectivity index (χ4v) is 3.92. The molecule has 25 heavy (non-hydrogen) atoms. The van der Waals surface area contributed by atoms with Crippen LogP contribution in [0.15, 0.2) is 54.6 Å². The van der Waals surface area contributed by atoms with Gasteiger partial charge < -0.3 is 4.90 Å². The van der Waals surface area contributed by atoms with Crippen molar-refractivity contribution < 1.29 is 0 Å². The van der Waals surface area contributed by atoms with Crippen LogP contribution in [0.1, 0.15) is 33.4 Å². The number of rotatable bonds is 1. The summed E-state index contributed by atoms with van der Waals surface area (Å²) in [7, 11) is 0. The lowest BCUT2D eigenvalue weighted by Crippen LogP contribution is -2.14. The van der Waals surface area contributed by atoms with E-state index < -0.39 is 0 Å². The minimum Gasteiger partial charge on any atom is -0.309 e. The topological polar surface area (TPSA) is 3.24 Å². The standard InChI is InChI=1S/C24H23N/c1-16-9-12-23-21(15-16)11-10-20-7-5-6-8-22(20)25(23)24-18(3)13-17(2)14-19(24)4/h5-15H,1-4H3. The number of anilines is 3. The molecule has 4 rings (SSSR count). The van der Waals surface area contributed by atoms with Crippen LogP contribution in [0.25, 0.3) is 12.2 Å². The number of hydrogen-bond acceptors (Lipinski definition) is 1. The average Bonchev–Trinajstić information content (AvgIpc) is 2.72. The number of aryl methyl sites for hydroxylation is 4. The van der Waals surface area contributed by atoms with Gasteiger partial charge in [0.2, 0.25) is 0 Å². The molecule has 0 radical (unpaired) electrons. The van der Waals surface area contributed by atoms with Gasteiger partial charge in [-0.3, -0.25) is 0 Å². The Morgan fingerprint density at radius 1 is 0.600 bits per heavy atom. The van der Waals surface area contributed by atoms with E-state index in [1.54, 1.807) is 0 Å². The molecule has 1 aliphatic heterocycles. The molecule has 0 spiro atoms. The summed E-state index contributed by atoms with van der Waals surface area (Å²) in [5, 5.41) is 0. The van der Waals surface area contributed by atoms with E-state index in [0.717, 1.165) is 0 Å². The molecule has 0 bridgehead atoms. The lowest BCUT2D eigenvalue weighted by Gasteiger charge is -2.30. The van der Waals surface area contributed by atoms with Gasteiger partial charge in [-0.25, -0.2) is 0 Å². The maximum atomic E-state index is 2.42. The van der Waals surface area contributed by atoms with E-state index in [2.05, 4.69) is 99.3 Å². The summed E-state index contributed by atoms with van der Waals surface area (Å²) in [4.78, 5) is 2.42. The Labute approximate surface area is 150 Å². The molecule has 1 aliphatic rings. The Bertz CT molecular complexity index is 972. The number of hydrogen-bond donors (Lipinski definition) is 0. The molecule has 3 aromatic carbocycles. The Hall–Kier alpha value is -2.80. The number of nitrogens with zero attached hydrogens (tertiary/aromatic N) is 1. The summed E-state index contributed by atoms with van der Waals surface area (Å²) in [6.07, 6.45) is 4.46. The minimum absolute atomic E-state index is 1.23. The molecular formula is C24H23N. The number of benzene rings is 3.